The second-order valence-electron chi connectivity index (χ2n) is 5.28. The Labute approximate surface area is 110 Å². The van der Waals surface area contributed by atoms with Gasteiger partial charge in [0.25, 0.3) is 0 Å². The van der Waals surface area contributed by atoms with E-state index in [0.717, 1.165) is 25.4 Å². The first-order valence-corrected chi connectivity index (χ1v) is 6.91. The highest BCUT2D eigenvalue weighted by atomic mass is 16.3. The second-order valence-corrected chi connectivity index (χ2v) is 5.28. The Morgan fingerprint density at radius 2 is 2.33 bits per heavy atom. The van der Waals surface area contributed by atoms with E-state index in [0.29, 0.717) is 12.1 Å². The molecule has 1 fully saturated rings. The lowest BCUT2D eigenvalue weighted by atomic mass is 10.1. The summed E-state index contributed by atoms with van der Waals surface area (Å²) in [7, 11) is 4.20. The number of furan rings is 1. The van der Waals surface area contributed by atoms with E-state index in [-0.39, 0.29) is 0 Å². The Balaban J connectivity index is 1.85. The molecule has 0 spiro atoms. The Kier molecular flexibility index (Phi) is 5.23. The summed E-state index contributed by atoms with van der Waals surface area (Å²) in [6.07, 6.45) is 5.51. The monoisotopic (exact) mass is 251 g/mol. The van der Waals surface area contributed by atoms with Crippen LogP contribution in [0.25, 0.3) is 0 Å². The maximum atomic E-state index is 5.53. The molecule has 2 unspecified atom stereocenters. The largest absolute Gasteiger partial charge is 0.468 e. The van der Waals surface area contributed by atoms with Crippen LogP contribution in [-0.4, -0.2) is 44.7 Å². The van der Waals surface area contributed by atoms with E-state index < -0.39 is 0 Å². The molecule has 1 aromatic rings. The molecule has 2 N–H and O–H groups in total. The van der Waals surface area contributed by atoms with Crippen LogP contribution in [0.2, 0.25) is 0 Å². The van der Waals surface area contributed by atoms with Gasteiger partial charge < -0.3 is 15.1 Å². The summed E-state index contributed by atoms with van der Waals surface area (Å²) in [4.78, 5) is 2.21. The SMILES string of the molecule is CN(C)C(CNC1CCCNCC1)c1ccco1. The van der Waals surface area contributed by atoms with Crippen molar-refractivity contribution in [3.63, 3.8) is 0 Å². The minimum Gasteiger partial charge on any atom is -0.468 e. The molecule has 4 heteroatoms. The molecule has 4 nitrogen and oxygen atoms in total. The molecule has 0 aromatic carbocycles. The topological polar surface area (TPSA) is 40.4 Å². The van der Waals surface area contributed by atoms with E-state index in [1.807, 2.05) is 6.07 Å². The quantitative estimate of drug-likeness (QED) is 0.834. The summed E-state index contributed by atoms with van der Waals surface area (Å²) >= 11 is 0. The summed E-state index contributed by atoms with van der Waals surface area (Å²) in [5, 5.41) is 7.14. The molecular weight excluding hydrogens is 226 g/mol. The Morgan fingerprint density at radius 3 is 3.06 bits per heavy atom. The minimum atomic E-state index is 0.316. The van der Waals surface area contributed by atoms with Crippen molar-refractivity contribution in [1.82, 2.24) is 15.5 Å². The zero-order valence-corrected chi connectivity index (χ0v) is 11.5. The molecule has 2 rings (SSSR count). The second kappa shape index (κ2) is 6.92. The van der Waals surface area contributed by atoms with Crippen LogP contribution < -0.4 is 10.6 Å². The van der Waals surface area contributed by atoms with Gasteiger partial charge in [0.2, 0.25) is 0 Å². The van der Waals surface area contributed by atoms with Crippen LogP contribution in [0, 0.1) is 0 Å². The van der Waals surface area contributed by atoms with Crippen LogP contribution in [-0.2, 0) is 0 Å². The van der Waals surface area contributed by atoms with Crippen LogP contribution in [0.5, 0.6) is 0 Å². The molecule has 1 saturated heterocycles. The van der Waals surface area contributed by atoms with Gasteiger partial charge >= 0.3 is 0 Å². The number of hydrogen-bond donors (Lipinski definition) is 2. The van der Waals surface area contributed by atoms with Crippen molar-refractivity contribution in [2.24, 2.45) is 0 Å². The normalized spacial score (nSPS) is 22.9. The molecule has 0 amide bonds. The highest BCUT2D eigenvalue weighted by Gasteiger charge is 2.19. The van der Waals surface area contributed by atoms with Crippen molar-refractivity contribution in [2.75, 3.05) is 33.7 Å². The highest BCUT2D eigenvalue weighted by molar-refractivity contribution is 5.05. The van der Waals surface area contributed by atoms with Crippen molar-refractivity contribution < 1.29 is 4.42 Å². The summed E-state index contributed by atoms with van der Waals surface area (Å²) < 4.78 is 5.53. The van der Waals surface area contributed by atoms with Crippen molar-refractivity contribution >= 4 is 0 Å². The van der Waals surface area contributed by atoms with Gasteiger partial charge in [-0.05, 0) is 58.6 Å². The van der Waals surface area contributed by atoms with E-state index >= 15 is 0 Å². The molecule has 0 bridgehead atoms. The predicted molar refractivity (Wildman–Crippen MR) is 73.6 cm³/mol. The van der Waals surface area contributed by atoms with E-state index in [1.54, 1.807) is 6.26 Å². The molecule has 0 radical (unpaired) electrons. The first-order valence-electron chi connectivity index (χ1n) is 6.91. The van der Waals surface area contributed by atoms with Gasteiger partial charge in [0, 0.05) is 12.6 Å². The lowest BCUT2D eigenvalue weighted by Gasteiger charge is -2.25. The molecule has 0 aliphatic carbocycles. The van der Waals surface area contributed by atoms with Crippen LogP contribution in [0.1, 0.15) is 31.1 Å². The van der Waals surface area contributed by atoms with Crippen LogP contribution in [0.4, 0.5) is 0 Å². The van der Waals surface area contributed by atoms with Gasteiger partial charge in [-0.2, -0.15) is 0 Å². The number of rotatable bonds is 5. The van der Waals surface area contributed by atoms with Crippen molar-refractivity contribution in [1.29, 1.82) is 0 Å². The fraction of sp³-hybridized carbons (Fsp3) is 0.714. The number of likely N-dealkylation sites (N-methyl/N-ethyl adjacent to an activating group) is 1. The van der Waals surface area contributed by atoms with Crippen LogP contribution >= 0.6 is 0 Å². The third kappa shape index (κ3) is 3.83. The van der Waals surface area contributed by atoms with E-state index in [4.69, 9.17) is 4.42 Å². The molecule has 1 aliphatic heterocycles. The average molecular weight is 251 g/mol. The Hall–Kier alpha value is -0.840. The summed E-state index contributed by atoms with van der Waals surface area (Å²) in [6.45, 7) is 3.24. The third-order valence-electron chi connectivity index (χ3n) is 3.67. The van der Waals surface area contributed by atoms with E-state index in [1.165, 1.54) is 19.3 Å². The standard InChI is InChI=1S/C14H25N3O/c1-17(2)13(14-6-4-10-18-14)11-16-12-5-3-8-15-9-7-12/h4,6,10,12-13,15-16H,3,5,7-9,11H2,1-2H3. The van der Waals surface area contributed by atoms with Crippen LogP contribution in [0.15, 0.2) is 22.8 Å². The molecular formula is C14H25N3O. The molecule has 18 heavy (non-hydrogen) atoms. The first-order chi connectivity index (χ1) is 8.77. The Morgan fingerprint density at radius 1 is 1.44 bits per heavy atom. The molecule has 1 aromatic heterocycles. The minimum absolute atomic E-state index is 0.316. The number of nitrogens with zero attached hydrogens (tertiary/aromatic N) is 1. The van der Waals surface area contributed by atoms with Crippen molar-refractivity contribution in [2.45, 2.75) is 31.3 Å². The fourth-order valence-corrected chi connectivity index (χ4v) is 2.52. The summed E-state index contributed by atoms with van der Waals surface area (Å²) in [5.74, 6) is 1.04. The predicted octanol–water partition coefficient (Wildman–Crippen LogP) is 1.61. The van der Waals surface area contributed by atoms with Gasteiger partial charge in [0.15, 0.2) is 0 Å². The van der Waals surface area contributed by atoms with E-state index in [2.05, 4.69) is 35.7 Å². The summed E-state index contributed by atoms with van der Waals surface area (Å²) in [6, 6.07) is 4.97. The zero-order valence-electron chi connectivity index (χ0n) is 11.5. The molecule has 0 saturated carbocycles. The van der Waals surface area contributed by atoms with Gasteiger partial charge in [0.05, 0.1) is 12.3 Å². The van der Waals surface area contributed by atoms with Crippen molar-refractivity contribution in [3.05, 3.63) is 24.2 Å². The maximum Gasteiger partial charge on any atom is 0.122 e. The number of hydrogen-bond acceptors (Lipinski definition) is 4. The highest BCUT2D eigenvalue weighted by Crippen LogP contribution is 2.18. The van der Waals surface area contributed by atoms with Gasteiger partial charge in [-0.25, -0.2) is 0 Å². The van der Waals surface area contributed by atoms with Crippen LogP contribution in [0.3, 0.4) is 0 Å². The van der Waals surface area contributed by atoms with E-state index in [9.17, 15) is 0 Å². The van der Waals surface area contributed by atoms with Gasteiger partial charge in [-0.3, -0.25) is 4.90 Å². The molecule has 2 heterocycles. The smallest absolute Gasteiger partial charge is 0.122 e. The lowest BCUT2D eigenvalue weighted by molar-refractivity contribution is 0.241. The third-order valence-corrected chi connectivity index (χ3v) is 3.67. The van der Waals surface area contributed by atoms with Gasteiger partial charge in [0.1, 0.15) is 5.76 Å². The van der Waals surface area contributed by atoms with Crippen molar-refractivity contribution in [3.8, 4) is 0 Å². The van der Waals surface area contributed by atoms with Gasteiger partial charge in [-0.15, -0.1) is 0 Å². The molecule has 2 atom stereocenters. The lowest BCUT2D eigenvalue weighted by Crippen LogP contribution is -2.37. The zero-order chi connectivity index (χ0) is 12.8. The Bertz CT molecular complexity index is 316. The van der Waals surface area contributed by atoms with Gasteiger partial charge in [-0.1, -0.05) is 0 Å². The maximum absolute atomic E-state index is 5.53. The fourth-order valence-electron chi connectivity index (χ4n) is 2.52. The molecule has 1 aliphatic rings. The molecule has 102 valence electrons. The first kappa shape index (κ1) is 13.6. The summed E-state index contributed by atoms with van der Waals surface area (Å²) in [5.41, 5.74) is 0. The average Bonchev–Trinajstić information content (AvgIpc) is 2.73. The number of nitrogens with one attached hydrogen (secondary N) is 2.